The molecule has 0 aliphatic rings. The van der Waals surface area contributed by atoms with Gasteiger partial charge in [-0.25, -0.2) is 4.79 Å². The second-order valence-corrected chi connectivity index (χ2v) is 1.10. The summed E-state index contributed by atoms with van der Waals surface area (Å²) in [5.41, 5.74) is 0. The van der Waals surface area contributed by atoms with Crippen LogP contribution in [0.1, 0.15) is 28.7 Å². The van der Waals surface area contributed by atoms with Crippen molar-refractivity contribution in [3.05, 3.63) is 0 Å². The zero-order chi connectivity index (χ0) is 11.9. The van der Waals surface area contributed by atoms with E-state index in [1.807, 2.05) is 0 Å². The van der Waals surface area contributed by atoms with Crippen LogP contribution in [-0.2, 0) is 40.1 Å². The number of carbonyl (C=O) groups excluding carboxylic acids is 1. The van der Waals surface area contributed by atoms with Crippen molar-refractivity contribution in [1.82, 2.24) is 0 Å². The van der Waals surface area contributed by atoms with Crippen molar-refractivity contribution in [3.8, 4) is 0 Å². The van der Waals surface area contributed by atoms with Crippen LogP contribution in [0.25, 0.3) is 0 Å². The maximum atomic E-state index is 9.34. The molecular formula is C6H21O9PW. The largest absolute Gasteiger partial charge is 0.481 e. The first-order valence-corrected chi connectivity index (χ1v) is 2.83. The Bertz CT molecular complexity index is 120. The summed E-state index contributed by atoms with van der Waals surface area (Å²) in [5.74, 6) is -1.52. The molecule has 0 saturated heterocycles. The molecule has 0 aliphatic carbocycles. The third-order valence-corrected chi connectivity index (χ3v) is 0.129. The SMILES string of the molecule is C.C.CC(=O)O.CC(=O)OO.O.O=P.OO.[W]. The number of carboxylic acid groups (broad SMARTS) is 1. The molecule has 0 saturated carbocycles. The minimum Gasteiger partial charge on any atom is -0.481 e. The molecule has 0 spiro atoms. The van der Waals surface area contributed by atoms with Crippen molar-refractivity contribution in [2.75, 3.05) is 0 Å². The third-order valence-electron chi connectivity index (χ3n) is 0.129. The van der Waals surface area contributed by atoms with E-state index in [0.717, 1.165) is 13.8 Å². The van der Waals surface area contributed by atoms with Gasteiger partial charge in [-0.05, 0) is 0 Å². The Morgan fingerprint density at radius 2 is 1.12 bits per heavy atom. The predicted molar refractivity (Wildman–Crippen MR) is 59.0 cm³/mol. The van der Waals surface area contributed by atoms with Gasteiger partial charge in [0.05, 0.1) is 0 Å². The number of carboxylic acids is 1. The maximum absolute atomic E-state index is 9.34. The molecule has 110 valence electrons. The summed E-state index contributed by atoms with van der Waals surface area (Å²) in [6, 6.07) is 0. The molecule has 6 N–H and O–H groups in total. The van der Waals surface area contributed by atoms with Crippen molar-refractivity contribution < 1.29 is 66.5 Å². The van der Waals surface area contributed by atoms with Gasteiger partial charge in [0, 0.05) is 34.9 Å². The number of hydrogen-bond donors (Lipinski definition) is 4. The van der Waals surface area contributed by atoms with Gasteiger partial charge in [-0.2, -0.15) is 5.26 Å². The summed E-state index contributed by atoms with van der Waals surface area (Å²) in [4.78, 5) is 21.5. The second-order valence-electron chi connectivity index (χ2n) is 1.10. The fourth-order valence-corrected chi connectivity index (χ4v) is 0. The first-order valence-electron chi connectivity index (χ1n) is 2.42. The van der Waals surface area contributed by atoms with Crippen molar-refractivity contribution in [2.24, 2.45) is 0 Å². The van der Waals surface area contributed by atoms with E-state index in [2.05, 4.69) is 4.89 Å². The summed E-state index contributed by atoms with van der Waals surface area (Å²) in [7, 11) is 1.72. The molecule has 0 rings (SSSR count). The number of aliphatic carboxylic acids is 1. The van der Waals surface area contributed by atoms with Crippen LogP contribution >= 0.6 is 9.12 Å². The van der Waals surface area contributed by atoms with Gasteiger partial charge in [0.25, 0.3) is 5.97 Å². The molecule has 0 aromatic heterocycles. The molecule has 0 aromatic carbocycles. The molecule has 0 amide bonds. The topological polar surface area (TPSA) is 173 Å². The first-order chi connectivity index (χ1) is 6.00. The van der Waals surface area contributed by atoms with E-state index in [1.54, 1.807) is 9.12 Å². The van der Waals surface area contributed by atoms with Crippen LogP contribution in [0, 0.1) is 0 Å². The molecule has 0 heterocycles. The normalized spacial score (nSPS) is 4.06. The number of rotatable bonds is 0. The zero-order valence-corrected chi connectivity index (χ0v) is 11.8. The van der Waals surface area contributed by atoms with E-state index in [4.69, 9.17) is 30.2 Å². The average Bonchev–Trinajstić information content (AvgIpc) is 2.10. The smallest absolute Gasteiger partial charge is 0.339 e. The van der Waals surface area contributed by atoms with E-state index >= 15 is 0 Å². The van der Waals surface area contributed by atoms with Gasteiger partial charge < -0.3 is 15.5 Å². The fraction of sp³-hybridized carbons (Fsp3) is 0.667. The predicted octanol–water partition coefficient (Wildman–Crippen LogP) is 1.05. The van der Waals surface area contributed by atoms with E-state index in [1.165, 1.54) is 0 Å². The van der Waals surface area contributed by atoms with E-state index < -0.39 is 11.9 Å². The summed E-state index contributed by atoms with van der Waals surface area (Å²) in [6.07, 6.45) is 0. The minimum absolute atomic E-state index is 0. The second kappa shape index (κ2) is 76.6. The van der Waals surface area contributed by atoms with Gasteiger partial charge in [0.15, 0.2) is 0 Å². The van der Waals surface area contributed by atoms with E-state index in [0.29, 0.717) is 0 Å². The van der Waals surface area contributed by atoms with Crippen LogP contribution in [0.2, 0.25) is 0 Å². The summed E-state index contributed by atoms with van der Waals surface area (Å²) in [6.45, 7) is 2.19. The summed E-state index contributed by atoms with van der Waals surface area (Å²) >= 11 is 0. The fourth-order valence-electron chi connectivity index (χ4n) is 0. The molecule has 0 atom stereocenters. The van der Waals surface area contributed by atoms with Crippen LogP contribution in [-0.4, -0.2) is 38.3 Å². The summed E-state index contributed by atoms with van der Waals surface area (Å²) in [5, 5.41) is 26.7. The number of hydrogen-bond acceptors (Lipinski definition) is 7. The maximum Gasteiger partial charge on any atom is 0.339 e. The van der Waals surface area contributed by atoms with Gasteiger partial charge in [0.1, 0.15) is 9.12 Å². The molecule has 17 heavy (non-hydrogen) atoms. The molecular weight excluding hydrogens is 431 g/mol. The Kier molecular flexibility index (Phi) is 246. The molecule has 9 nitrogen and oxygen atoms in total. The van der Waals surface area contributed by atoms with E-state index in [-0.39, 0.29) is 41.4 Å². The van der Waals surface area contributed by atoms with Gasteiger partial charge in [-0.15, -0.1) is 0 Å². The van der Waals surface area contributed by atoms with Crippen LogP contribution in [0.4, 0.5) is 0 Å². The number of carbonyl (C=O) groups is 2. The van der Waals surface area contributed by atoms with Crippen LogP contribution < -0.4 is 0 Å². The standard InChI is InChI=1S/C2H4O3.C2H4O2.2CH4.H2O2.HOP.H2O.W/c1-2(3)5-4;1-2(3)4;;;2*1-2;;/h4H,1H3;1H3,(H,3,4);2*1H4;1-2H;2H;1H2;. The summed E-state index contributed by atoms with van der Waals surface area (Å²) < 4.78 is 8.06. The molecule has 0 bridgehead atoms. The van der Waals surface area contributed by atoms with Gasteiger partial charge >= 0.3 is 5.97 Å². The van der Waals surface area contributed by atoms with Crippen molar-refractivity contribution in [2.45, 2.75) is 28.7 Å². The van der Waals surface area contributed by atoms with Crippen molar-refractivity contribution >= 4 is 21.1 Å². The molecule has 0 aromatic rings. The van der Waals surface area contributed by atoms with Crippen molar-refractivity contribution in [3.63, 3.8) is 0 Å². The van der Waals surface area contributed by atoms with Crippen LogP contribution in [0.15, 0.2) is 0 Å². The Balaban J connectivity index is -0.0000000105. The van der Waals surface area contributed by atoms with E-state index in [9.17, 15) is 4.79 Å². The average molecular weight is 452 g/mol. The third kappa shape index (κ3) is 1170. The Hall–Kier alpha value is -0.432. The minimum atomic E-state index is -0.833. The van der Waals surface area contributed by atoms with Crippen LogP contribution in [0.5, 0.6) is 0 Å². The molecule has 0 unspecified atom stereocenters. The Labute approximate surface area is 116 Å². The molecule has 11 heteroatoms. The molecule has 0 aliphatic heterocycles. The van der Waals surface area contributed by atoms with Gasteiger partial charge in [-0.3, -0.25) is 19.9 Å². The Morgan fingerprint density at radius 1 is 1.06 bits per heavy atom. The zero-order valence-electron chi connectivity index (χ0n) is 7.83. The first kappa shape index (κ1) is 54.7. The Morgan fingerprint density at radius 3 is 1.12 bits per heavy atom. The van der Waals surface area contributed by atoms with Gasteiger partial charge in [0.2, 0.25) is 0 Å². The van der Waals surface area contributed by atoms with Crippen molar-refractivity contribution in [1.29, 1.82) is 0 Å². The monoisotopic (exact) mass is 452 g/mol. The molecule has 0 fully saturated rings. The van der Waals surface area contributed by atoms with Gasteiger partial charge in [-0.1, -0.05) is 14.9 Å². The quantitative estimate of drug-likeness (QED) is 0.240. The van der Waals surface area contributed by atoms with Crippen LogP contribution in [0.3, 0.4) is 0 Å². The molecule has 0 radical (unpaired) electrons.